The van der Waals surface area contributed by atoms with Gasteiger partial charge < -0.3 is 0 Å². The highest BCUT2D eigenvalue weighted by Crippen LogP contribution is 2.64. The zero-order valence-electron chi connectivity index (χ0n) is 10.9. The van der Waals surface area contributed by atoms with Crippen LogP contribution in [0.25, 0.3) is 0 Å². The number of hydrogen-bond acceptors (Lipinski definition) is 0. The van der Waals surface area contributed by atoms with Crippen LogP contribution in [0, 0.1) is 23.2 Å². The topological polar surface area (TPSA) is 0 Å². The van der Waals surface area contributed by atoms with E-state index in [1.807, 2.05) is 20.8 Å². The van der Waals surface area contributed by atoms with Crippen LogP contribution in [0.2, 0.25) is 0 Å². The highest BCUT2D eigenvalue weighted by molar-refractivity contribution is 6.48. The first-order chi connectivity index (χ1) is 7.69. The third-order valence-corrected chi connectivity index (χ3v) is 5.74. The molecule has 0 nitrogen and oxygen atoms in total. The lowest BCUT2D eigenvalue weighted by Gasteiger charge is -2.47. The largest absolute Gasteiger partial charge is 0.264 e. The number of halogens is 4. The summed E-state index contributed by atoms with van der Waals surface area (Å²) in [5.41, 5.74) is -0.840. The van der Waals surface area contributed by atoms with Crippen molar-refractivity contribution in [1.29, 1.82) is 0 Å². The van der Waals surface area contributed by atoms with Gasteiger partial charge in [0, 0.05) is 5.38 Å². The molecule has 0 aromatic heterocycles. The van der Waals surface area contributed by atoms with Gasteiger partial charge >= 0.3 is 0 Å². The number of hydrogen-bond donors (Lipinski definition) is 0. The lowest BCUT2D eigenvalue weighted by molar-refractivity contribution is 0.0296. The minimum absolute atomic E-state index is 0.0199. The van der Waals surface area contributed by atoms with Crippen LogP contribution in [-0.2, 0) is 0 Å². The monoisotopic (exact) mass is 302 g/mol. The second-order valence-corrected chi connectivity index (χ2v) is 7.35. The Balaban J connectivity index is 3.16. The van der Waals surface area contributed by atoms with Crippen LogP contribution in [0.1, 0.15) is 47.0 Å². The molecule has 3 atom stereocenters. The minimum atomic E-state index is -2.27. The van der Waals surface area contributed by atoms with Crippen molar-refractivity contribution in [3.05, 3.63) is 0 Å². The highest BCUT2D eigenvalue weighted by Gasteiger charge is 2.64. The lowest BCUT2D eigenvalue weighted by atomic mass is 9.67. The molecule has 3 unspecified atom stereocenters. The van der Waals surface area contributed by atoms with Gasteiger partial charge in [0.2, 0.25) is 0 Å². The summed E-state index contributed by atoms with van der Waals surface area (Å²) < 4.78 is 12.2. The molecule has 0 bridgehead atoms. The van der Waals surface area contributed by atoms with E-state index in [1.165, 1.54) is 0 Å². The Bertz CT molecular complexity index is 254. The fourth-order valence-corrected chi connectivity index (χ4v) is 4.82. The Labute approximate surface area is 119 Å². The van der Waals surface area contributed by atoms with Gasteiger partial charge in [-0.3, -0.25) is 0 Å². The van der Waals surface area contributed by atoms with E-state index < -0.39 is 10.0 Å². The Kier molecular flexibility index (Phi) is 5.06. The predicted octanol–water partition coefficient (Wildman–Crippen LogP) is 5.79. The molecule has 0 N–H and O–H groups in total. The molecule has 1 fully saturated rings. The molecule has 17 heavy (non-hydrogen) atoms. The lowest BCUT2D eigenvalue weighted by Crippen LogP contribution is -2.52. The molecule has 0 aliphatic heterocycles. The van der Waals surface area contributed by atoms with Crippen LogP contribution in [-0.4, -0.2) is 9.96 Å². The van der Waals surface area contributed by atoms with Gasteiger partial charge in [0.15, 0.2) is 0 Å². The summed E-state index contributed by atoms with van der Waals surface area (Å²) in [5.74, 6) is 0.429. The molecule has 4 heteroatoms. The van der Waals surface area contributed by atoms with E-state index in [0.717, 1.165) is 19.3 Å². The minimum Gasteiger partial charge on any atom is -0.207 e. The zero-order valence-corrected chi connectivity index (χ0v) is 13.2. The van der Waals surface area contributed by atoms with Crippen molar-refractivity contribution < 1.29 is 4.39 Å². The van der Waals surface area contributed by atoms with Crippen LogP contribution in [0.15, 0.2) is 0 Å². The van der Waals surface area contributed by atoms with Crippen molar-refractivity contribution >= 4 is 34.8 Å². The summed E-state index contributed by atoms with van der Waals surface area (Å²) in [4.78, 5) is 0. The maximum Gasteiger partial charge on any atom is 0.264 e. The summed E-state index contributed by atoms with van der Waals surface area (Å²) >= 11 is 18.4. The molecule has 102 valence electrons. The Morgan fingerprint density at radius 1 is 1.24 bits per heavy atom. The van der Waals surface area contributed by atoms with Crippen molar-refractivity contribution in [2.24, 2.45) is 23.2 Å². The first-order valence-electron chi connectivity index (χ1n) is 6.40. The molecular formula is C13H22Cl3F. The van der Waals surface area contributed by atoms with E-state index in [1.54, 1.807) is 0 Å². The van der Waals surface area contributed by atoms with Gasteiger partial charge in [0.05, 0.1) is 5.41 Å². The van der Waals surface area contributed by atoms with Crippen molar-refractivity contribution in [1.82, 2.24) is 0 Å². The van der Waals surface area contributed by atoms with Gasteiger partial charge in [-0.15, -0.1) is 11.6 Å². The molecule has 0 aromatic rings. The second kappa shape index (κ2) is 5.43. The molecule has 0 spiro atoms. The molecule has 0 amide bonds. The fourth-order valence-electron chi connectivity index (χ4n) is 2.97. The summed E-state index contributed by atoms with van der Waals surface area (Å²) in [5, 5.41) is -0.333. The van der Waals surface area contributed by atoms with Gasteiger partial charge in [-0.05, 0) is 30.6 Å². The molecule has 0 radical (unpaired) electrons. The standard InChI is InChI=1S/C13H22Cl3F/c1-5-9(4)11(14)12(8(2)3,10-6-7-10)13(15,16)17/h8-11H,5-7H2,1-4H3. The predicted molar refractivity (Wildman–Crippen MR) is 74.6 cm³/mol. The SMILES string of the molecule is CCC(C)C(Cl)C(C(C)C)(C1CC1)C(F)(Cl)Cl. The van der Waals surface area contributed by atoms with E-state index in [0.29, 0.717) is 0 Å². The van der Waals surface area contributed by atoms with E-state index in [9.17, 15) is 4.39 Å². The van der Waals surface area contributed by atoms with Crippen LogP contribution >= 0.6 is 34.8 Å². The van der Waals surface area contributed by atoms with Crippen LogP contribution in [0.5, 0.6) is 0 Å². The van der Waals surface area contributed by atoms with E-state index in [2.05, 4.69) is 6.92 Å². The van der Waals surface area contributed by atoms with Gasteiger partial charge in [0.25, 0.3) is 4.59 Å². The number of alkyl halides is 4. The Hall–Kier alpha value is 0.800. The summed E-state index contributed by atoms with van der Waals surface area (Å²) in [6.45, 7) is 8.03. The van der Waals surface area contributed by atoms with Gasteiger partial charge in [-0.25, -0.2) is 4.39 Å². The van der Waals surface area contributed by atoms with Crippen molar-refractivity contribution in [2.45, 2.75) is 56.9 Å². The molecule has 1 aliphatic rings. The van der Waals surface area contributed by atoms with Gasteiger partial charge in [0.1, 0.15) is 0 Å². The molecule has 0 aromatic carbocycles. The van der Waals surface area contributed by atoms with Crippen molar-refractivity contribution in [2.75, 3.05) is 0 Å². The van der Waals surface area contributed by atoms with Gasteiger partial charge in [-0.2, -0.15) is 0 Å². The fraction of sp³-hybridized carbons (Fsp3) is 1.00. The third-order valence-electron chi connectivity index (χ3n) is 4.30. The quantitative estimate of drug-likeness (QED) is 0.544. The van der Waals surface area contributed by atoms with E-state index in [-0.39, 0.29) is 23.1 Å². The van der Waals surface area contributed by atoms with Gasteiger partial charge in [-0.1, -0.05) is 57.3 Å². The molecule has 0 heterocycles. The average Bonchev–Trinajstić information content (AvgIpc) is 2.98. The molecule has 0 saturated heterocycles. The summed E-state index contributed by atoms with van der Waals surface area (Å²) in [7, 11) is 0. The van der Waals surface area contributed by atoms with E-state index in [4.69, 9.17) is 34.8 Å². The summed E-state index contributed by atoms with van der Waals surface area (Å²) in [6.07, 6.45) is 2.85. The van der Waals surface area contributed by atoms with Crippen molar-refractivity contribution in [3.8, 4) is 0 Å². The molecule has 1 aliphatic carbocycles. The third kappa shape index (κ3) is 2.72. The summed E-state index contributed by atoms with van der Waals surface area (Å²) in [6, 6.07) is 0. The van der Waals surface area contributed by atoms with Crippen LogP contribution in [0.3, 0.4) is 0 Å². The van der Waals surface area contributed by atoms with Crippen LogP contribution < -0.4 is 0 Å². The molecular weight excluding hydrogens is 282 g/mol. The average molecular weight is 304 g/mol. The van der Waals surface area contributed by atoms with Crippen LogP contribution in [0.4, 0.5) is 4.39 Å². The molecule has 1 rings (SSSR count). The highest BCUT2D eigenvalue weighted by atomic mass is 35.5. The number of rotatable bonds is 6. The smallest absolute Gasteiger partial charge is 0.207 e. The zero-order chi connectivity index (χ0) is 13.4. The maximum atomic E-state index is 14.4. The first-order valence-corrected chi connectivity index (χ1v) is 7.59. The van der Waals surface area contributed by atoms with E-state index >= 15 is 0 Å². The first kappa shape index (κ1) is 15.9. The molecule has 1 saturated carbocycles. The Morgan fingerprint density at radius 2 is 1.71 bits per heavy atom. The normalized spacial score (nSPS) is 24.5. The van der Waals surface area contributed by atoms with Crippen molar-refractivity contribution in [3.63, 3.8) is 0 Å². The maximum absolute atomic E-state index is 14.4. The second-order valence-electron chi connectivity index (χ2n) is 5.65. The Morgan fingerprint density at radius 3 is 1.94 bits per heavy atom.